The molecule has 1 aromatic heterocycles. The third-order valence-electron chi connectivity index (χ3n) is 9.01. The standard InChI is InChI=1S/C32H30F3N5O2/c1-2-22-26(34)7-4-18-12-21(41)13-25(27(18)22)23-5-6-24-29(28(23)35)37-31(38-30(24)39-11-8-20(36)16-39)42-17-32-9-3-10-40(32)15-19(33)14-32/h1,4-7,12-13,19-20,41H,3,8-11,14-17,36H2/t19-,20?,32+/m1/s1. The summed E-state index contributed by atoms with van der Waals surface area (Å²) >= 11 is 0. The third kappa shape index (κ3) is 4.30. The van der Waals surface area contributed by atoms with Crippen LogP contribution in [-0.4, -0.2) is 70.5 Å². The second-order valence-corrected chi connectivity index (χ2v) is 11.7. The van der Waals surface area contributed by atoms with E-state index in [1.54, 1.807) is 12.1 Å². The van der Waals surface area contributed by atoms with Gasteiger partial charge in [-0.15, -0.1) is 6.42 Å². The second-order valence-electron chi connectivity index (χ2n) is 11.7. The number of terminal acetylenes is 1. The molecule has 0 aliphatic carbocycles. The van der Waals surface area contributed by atoms with Gasteiger partial charge in [0.05, 0.1) is 11.1 Å². The molecule has 0 bridgehead atoms. The third-order valence-corrected chi connectivity index (χ3v) is 9.01. The molecule has 0 radical (unpaired) electrons. The van der Waals surface area contributed by atoms with Crippen molar-refractivity contribution in [3.63, 3.8) is 0 Å². The van der Waals surface area contributed by atoms with Crippen LogP contribution in [0.5, 0.6) is 11.8 Å². The first-order chi connectivity index (χ1) is 20.3. The minimum atomic E-state index is -0.914. The van der Waals surface area contributed by atoms with Crippen LogP contribution in [0.4, 0.5) is 19.0 Å². The number of hydrogen-bond acceptors (Lipinski definition) is 7. The maximum Gasteiger partial charge on any atom is 0.319 e. The Morgan fingerprint density at radius 3 is 2.76 bits per heavy atom. The van der Waals surface area contributed by atoms with E-state index in [0.717, 1.165) is 25.8 Å². The number of ether oxygens (including phenoxy) is 1. The van der Waals surface area contributed by atoms with Crippen LogP contribution in [0, 0.1) is 24.0 Å². The number of benzene rings is 3. The number of aromatic hydroxyl groups is 1. The van der Waals surface area contributed by atoms with Crippen molar-refractivity contribution in [2.24, 2.45) is 5.73 Å². The first-order valence-corrected chi connectivity index (χ1v) is 14.2. The highest BCUT2D eigenvalue weighted by molar-refractivity contribution is 6.04. The van der Waals surface area contributed by atoms with Gasteiger partial charge in [-0.05, 0) is 61.0 Å². The van der Waals surface area contributed by atoms with Crippen molar-refractivity contribution < 1.29 is 23.0 Å². The minimum absolute atomic E-state index is 0.00585. The van der Waals surface area contributed by atoms with Gasteiger partial charge in [-0.3, -0.25) is 4.90 Å². The summed E-state index contributed by atoms with van der Waals surface area (Å²) in [4.78, 5) is 13.3. The number of halogens is 3. The highest BCUT2D eigenvalue weighted by atomic mass is 19.1. The molecule has 10 heteroatoms. The van der Waals surface area contributed by atoms with E-state index < -0.39 is 23.3 Å². The predicted molar refractivity (Wildman–Crippen MR) is 155 cm³/mol. The van der Waals surface area contributed by atoms with E-state index in [9.17, 15) is 13.9 Å². The van der Waals surface area contributed by atoms with Crippen molar-refractivity contribution in [2.75, 3.05) is 37.7 Å². The van der Waals surface area contributed by atoms with Crippen molar-refractivity contribution in [3.8, 4) is 35.2 Å². The molecular formula is C32H30F3N5O2. The van der Waals surface area contributed by atoms with Crippen LogP contribution in [0.1, 0.15) is 31.2 Å². The van der Waals surface area contributed by atoms with Gasteiger partial charge >= 0.3 is 6.01 Å². The topological polar surface area (TPSA) is 87.7 Å². The molecule has 3 aromatic carbocycles. The zero-order valence-electron chi connectivity index (χ0n) is 22.9. The summed E-state index contributed by atoms with van der Waals surface area (Å²) in [6.45, 7) is 2.57. The van der Waals surface area contributed by atoms with Gasteiger partial charge in [0, 0.05) is 48.4 Å². The molecule has 0 amide bonds. The molecule has 3 saturated heterocycles. The van der Waals surface area contributed by atoms with Crippen molar-refractivity contribution in [1.82, 2.24) is 14.9 Å². The first-order valence-electron chi connectivity index (χ1n) is 14.2. The van der Waals surface area contributed by atoms with Crippen LogP contribution in [-0.2, 0) is 0 Å². The molecule has 1 unspecified atom stereocenters. The van der Waals surface area contributed by atoms with E-state index >= 15 is 4.39 Å². The normalized spacial score (nSPS) is 24.0. The van der Waals surface area contributed by atoms with E-state index in [0.29, 0.717) is 48.0 Å². The van der Waals surface area contributed by atoms with E-state index in [1.165, 1.54) is 24.3 Å². The van der Waals surface area contributed by atoms with Crippen LogP contribution in [0.25, 0.3) is 32.8 Å². The number of nitrogens with two attached hydrogens (primary N) is 1. The molecule has 0 saturated carbocycles. The predicted octanol–water partition coefficient (Wildman–Crippen LogP) is 4.91. The van der Waals surface area contributed by atoms with Gasteiger partial charge in [0.2, 0.25) is 0 Å². The van der Waals surface area contributed by atoms with Crippen LogP contribution >= 0.6 is 0 Å². The molecule has 4 heterocycles. The van der Waals surface area contributed by atoms with E-state index in [-0.39, 0.29) is 46.6 Å². The summed E-state index contributed by atoms with van der Waals surface area (Å²) in [5.74, 6) is 1.45. The molecular weight excluding hydrogens is 543 g/mol. The Labute approximate surface area is 241 Å². The summed E-state index contributed by atoms with van der Waals surface area (Å²) in [6, 6.07) is 8.76. The smallest absolute Gasteiger partial charge is 0.319 e. The largest absolute Gasteiger partial charge is 0.508 e. The Bertz CT molecular complexity index is 1780. The Morgan fingerprint density at radius 1 is 1.12 bits per heavy atom. The monoisotopic (exact) mass is 573 g/mol. The van der Waals surface area contributed by atoms with Crippen LogP contribution in [0.15, 0.2) is 36.4 Å². The second kappa shape index (κ2) is 10.0. The van der Waals surface area contributed by atoms with Gasteiger partial charge in [-0.2, -0.15) is 9.97 Å². The summed E-state index contributed by atoms with van der Waals surface area (Å²) in [6.07, 6.45) is 7.65. The maximum absolute atomic E-state index is 16.6. The zero-order chi connectivity index (χ0) is 29.2. The molecule has 4 aromatic rings. The Hall–Kier alpha value is -4.07. The van der Waals surface area contributed by atoms with Gasteiger partial charge < -0.3 is 20.5 Å². The summed E-state index contributed by atoms with van der Waals surface area (Å²) < 4.78 is 51.8. The molecule has 42 heavy (non-hydrogen) atoms. The number of phenols is 1. The van der Waals surface area contributed by atoms with Crippen molar-refractivity contribution in [2.45, 2.75) is 43.4 Å². The molecule has 7 nitrogen and oxygen atoms in total. The molecule has 0 spiro atoms. The number of hydrogen-bond donors (Lipinski definition) is 2. The fraction of sp³-hybridized carbons (Fsp3) is 0.375. The van der Waals surface area contributed by atoms with Gasteiger partial charge in [0.15, 0.2) is 5.82 Å². The molecule has 3 N–H and O–H groups in total. The van der Waals surface area contributed by atoms with E-state index in [1.807, 2.05) is 4.90 Å². The lowest BCUT2D eigenvalue weighted by atomic mass is 9.93. The lowest BCUT2D eigenvalue weighted by Crippen LogP contribution is -2.43. The lowest BCUT2D eigenvalue weighted by Gasteiger charge is -2.31. The van der Waals surface area contributed by atoms with Gasteiger partial charge in [-0.25, -0.2) is 13.2 Å². The maximum atomic E-state index is 16.6. The number of fused-ring (bicyclic) bond motifs is 3. The molecule has 3 atom stereocenters. The van der Waals surface area contributed by atoms with Crippen molar-refractivity contribution >= 4 is 27.5 Å². The van der Waals surface area contributed by atoms with Crippen LogP contribution < -0.4 is 15.4 Å². The molecule has 3 fully saturated rings. The summed E-state index contributed by atoms with van der Waals surface area (Å²) in [5, 5.41) is 11.7. The number of aromatic nitrogens is 2. The summed E-state index contributed by atoms with van der Waals surface area (Å²) in [7, 11) is 0. The minimum Gasteiger partial charge on any atom is -0.508 e. The van der Waals surface area contributed by atoms with Crippen molar-refractivity contribution in [3.05, 3.63) is 53.6 Å². The lowest BCUT2D eigenvalue weighted by molar-refractivity contribution is 0.107. The van der Waals surface area contributed by atoms with E-state index in [2.05, 4.69) is 15.8 Å². The number of anilines is 1. The SMILES string of the molecule is C#Cc1c(F)ccc2cc(O)cc(-c3ccc4c(N5CCC(N)C5)nc(OC[C@@]56CCCN5C[C@H](F)C6)nc4c3F)c12. The van der Waals surface area contributed by atoms with Gasteiger partial charge in [0.1, 0.15) is 35.7 Å². The highest BCUT2D eigenvalue weighted by Gasteiger charge is 2.49. The fourth-order valence-corrected chi connectivity index (χ4v) is 7.05. The Balaban J connectivity index is 1.38. The quantitative estimate of drug-likeness (QED) is 0.328. The number of alkyl halides is 1. The van der Waals surface area contributed by atoms with Gasteiger partial charge in [-0.1, -0.05) is 18.1 Å². The van der Waals surface area contributed by atoms with Gasteiger partial charge in [0.25, 0.3) is 0 Å². The molecule has 216 valence electrons. The van der Waals surface area contributed by atoms with Crippen LogP contribution in [0.2, 0.25) is 0 Å². The highest BCUT2D eigenvalue weighted by Crippen LogP contribution is 2.42. The average molecular weight is 574 g/mol. The Kier molecular flexibility index (Phi) is 6.40. The zero-order valence-corrected chi connectivity index (χ0v) is 22.9. The summed E-state index contributed by atoms with van der Waals surface area (Å²) in [5.41, 5.74) is 6.09. The number of nitrogens with zero attached hydrogens (tertiary/aromatic N) is 4. The van der Waals surface area contributed by atoms with Crippen LogP contribution in [0.3, 0.4) is 0 Å². The number of phenolic OH excluding ortho intramolecular Hbond substituents is 1. The molecule has 3 aliphatic heterocycles. The fourth-order valence-electron chi connectivity index (χ4n) is 7.05. The number of rotatable bonds is 5. The Morgan fingerprint density at radius 2 is 1.98 bits per heavy atom. The van der Waals surface area contributed by atoms with Crippen molar-refractivity contribution in [1.29, 1.82) is 0 Å². The average Bonchev–Trinajstić information content (AvgIpc) is 3.65. The molecule has 7 rings (SSSR count). The molecule has 3 aliphatic rings. The first kappa shape index (κ1) is 26.8. The van der Waals surface area contributed by atoms with E-state index in [4.69, 9.17) is 21.9 Å².